The zero-order valence-corrected chi connectivity index (χ0v) is 11.7. The molecule has 0 aliphatic heterocycles. The van der Waals surface area contributed by atoms with E-state index < -0.39 is 5.82 Å². The standard InChI is InChI=1S/C15H15ClFN3/c1-2-7-20-14(18)13(19-15(20)9-3-4-9)10-5-6-12(17)11(16)8-10/h2,5-6,8-9H,1,3-4,7,18H2. The Kier molecular flexibility index (Phi) is 3.26. The highest BCUT2D eigenvalue weighted by atomic mass is 35.5. The van der Waals surface area contributed by atoms with Crippen LogP contribution in [0, 0.1) is 5.82 Å². The van der Waals surface area contributed by atoms with Crippen molar-refractivity contribution in [2.24, 2.45) is 0 Å². The van der Waals surface area contributed by atoms with Gasteiger partial charge in [-0.1, -0.05) is 17.7 Å². The molecule has 2 aromatic rings. The van der Waals surface area contributed by atoms with Gasteiger partial charge in [0.1, 0.15) is 23.2 Å². The highest BCUT2D eigenvalue weighted by Gasteiger charge is 2.30. The predicted octanol–water partition coefficient (Wildman–Crippen LogP) is 3.99. The van der Waals surface area contributed by atoms with Gasteiger partial charge in [0.05, 0.1) is 5.02 Å². The lowest BCUT2D eigenvalue weighted by Crippen LogP contribution is -2.05. The van der Waals surface area contributed by atoms with Crippen molar-refractivity contribution in [1.29, 1.82) is 0 Å². The molecule has 3 nitrogen and oxygen atoms in total. The van der Waals surface area contributed by atoms with Crippen molar-refractivity contribution in [3.63, 3.8) is 0 Å². The average molecular weight is 292 g/mol. The molecule has 0 amide bonds. The largest absolute Gasteiger partial charge is 0.383 e. The van der Waals surface area contributed by atoms with Crippen molar-refractivity contribution in [2.75, 3.05) is 5.73 Å². The van der Waals surface area contributed by atoms with Gasteiger partial charge in [0, 0.05) is 18.0 Å². The maximum atomic E-state index is 13.3. The number of aromatic nitrogens is 2. The summed E-state index contributed by atoms with van der Waals surface area (Å²) >= 11 is 5.83. The van der Waals surface area contributed by atoms with Gasteiger partial charge in [-0.15, -0.1) is 6.58 Å². The first-order valence-corrected chi connectivity index (χ1v) is 6.91. The predicted molar refractivity (Wildman–Crippen MR) is 79.2 cm³/mol. The summed E-state index contributed by atoms with van der Waals surface area (Å²) in [6.07, 6.45) is 4.07. The average Bonchev–Trinajstić information content (AvgIpc) is 3.21. The third kappa shape index (κ3) is 2.20. The van der Waals surface area contributed by atoms with Crippen LogP contribution in [-0.2, 0) is 6.54 Å². The van der Waals surface area contributed by atoms with Gasteiger partial charge in [-0.05, 0) is 31.0 Å². The Balaban J connectivity index is 2.10. The molecule has 0 bridgehead atoms. The van der Waals surface area contributed by atoms with E-state index in [1.165, 1.54) is 6.07 Å². The van der Waals surface area contributed by atoms with E-state index in [1.807, 2.05) is 4.57 Å². The number of rotatable bonds is 4. The van der Waals surface area contributed by atoms with Crippen LogP contribution in [0.15, 0.2) is 30.9 Å². The SMILES string of the molecule is C=CCn1c(C2CC2)nc(-c2ccc(F)c(Cl)c2)c1N. The first kappa shape index (κ1) is 13.2. The number of nitrogens with two attached hydrogens (primary N) is 1. The van der Waals surface area contributed by atoms with Gasteiger partial charge in [0.2, 0.25) is 0 Å². The zero-order chi connectivity index (χ0) is 14.3. The van der Waals surface area contributed by atoms with Crippen LogP contribution in [0.3, 0.4) is 0 Å². The lowest BCUT2D eigenvalue weighted by atomic mass is 10.1. The van der Waals surface area contributed by atoms with Gasteiger partial charge in [0.25, 0.3) is 0 Å². The second kappa shape index (κ2) is 4.94. The van der Waals surface area contributed by atoms with Crippen molar-refractivity contribution in [3.8, 4) is 11.3 Å². The molecule has 0 unspecified atom stereocenters. The van der Waals surface area contributed by atoms with Gasteiger partial charge in [0.15, 0.2) is 0 Å². The maximum Gasteiger partial charge on any atom is 0.141 e. The van der Waals surface area contributed by atoms with Crippen molar-refractivity contribution in [2.45, 2.75) is 25.3 Å². The summed E-state index contributed by atoms with van der Waals surface area (Å²) in [5.41, 5.74) is 7.59. The fraction of sp³-hybridized carbons (Fsp3) is 0.267. The molecule has 104 valence electrons. The summed E-state index contributed by atoms with van der Waals surface area (Å²) < 4.78 is 15.2. The smallest absolute Gasteiger partial charge is 0.141 e. The zero-order valence-electron chi connectivity index (χ0n) is 10.9. The Labute approximate surface area is 121 Å². The number of anilines is 1. The van der Waals surface area contributed by atoms with E-state index >= 15 is 0 Å². The van der Waals surface area contributed by atoms with Crippen LogP contribution in [-0.4, -0.2) is 9.55 Å². The van der Waals surface area contributed by atoms with Crippen molar-refractivity contribution >= 4 is 17.4 Å². The molecule has 1 saturated carbocycles. The van der Waals surface area contributed by atoms with Crippen LogP contribution in [0.2, 0.25) is 5.02 Å². The highest BCUT2D eigenvalue weighted by Crippen LogP contribution is 2.42. The molecule has 1 aromatic carbocycles. The second-order valence-electron chi connectivity index (χ2n) is 5.01. The van der Waals surface area contributed by atoms with Crippen LogP contribution in [0.4, 0.5) is 10.2 Å². The molecule has 1 aliphatic carbocycles. The van der Waals surface area contributed by atoms with E-state index in [4.69, 9.17) is 17.3 Å². The molecule has 0 radical (unpaired) electrons. The van der Waals surface area contributed by atoms with E-state index in [-0.39, 0.29) is 5.02 Å². The normalized spacial score (nSPS) is 14.5. The van der Waals surface area contributed by atoms with Crippen LogP contribution in [0.1, 0.15) is 24.6 Å². The van der Waals surface area contributed by atoms with Crippen molar-refractivity contribution < 1.29 is 4.39 Å². The molecule has 0 saturated heterocycles. The molecule has 3 rings (SSSR count). The highest BCUT2D eigenvalue weighted by molar-refractivity contribution is 6.31. The molecule has 2 N–H and O–H groups in total. The number of halogens is 2. The van der Waals surface area contributed by atoms with Gasteiger partial charge in [-0.3, -0.25) is 0 Å². The number of hydrogen-bond donors (Lipinski definition) is 1. The molecule has 1 heterocycles. The lowest BCUT2D eigenvalue weighted by Gasteiger charge is -2.06. The van der Waals surface area contributed by atoms with Crippen molar-refractivity contribution in [1.82, 2.24) is 9.55 Å². The summed E-state index contributed by atoms with van der Waals surface area (Å²) in [5.74, 6) is 1.59. The summed E-state index contributed by atoms with van der Waals surface area (Å²) in [7, 11) is 0. The first-order valence-electron chi connectivity index (χ1n) is 6.54. The second-order valence-corrected chi connectivity index (χ2v) is 5.41. The van der Waals surface area contributed by atoms with Crippen LogP contribution in [0.5, 0.6) is 0 Å². The van der Waals surface area contributed by atoms with Gasteiger partial charge in [-0.25, -0.2) is 9.37 Å². The molecule has 1 fully saturated rings. The van der Waals surface area contributed by atoms with E-state index in [9.17, 15) is 4.39 Å². The topological polar surface area (TPSA) is 43.8 Å². The number of hydrogen-bond acceptors (Lipinski definition) is 2. The Hall–Kier alpha value is -1.81. The van der Waals surface area contributed by atoms with E-state index in [2.05, 4.69) is 11.6 Å². The van der Waals surface area contributed by atoms with E-state index in [0.717, 1.165) is 24.2 Å². The molecule has 1 aliphatic rings. The summed E-state index contributed by atoms with van der Waals surface area (Å²) in [4.78, 5) is 4.64. The lowest BCUT2D eigenvalue weighted by molar-refractivity contribution is 0.628. The number of benzene rings is 1. The number of nitrogens with zero attached hydrogens (tertiary/aromatic N) is 2. The molecule has 0 atom stereocenters. The molecular formula is C15H15ClFN3. The van der Waals surface area contributed by atoms with Crippen molar-refractivity contribution in [3.05, 3.63) is 47.5 Å². The summed E-state index contributed by atoms with van der Waals surface area (Å²) in [6, 6.07) is 4.54. The third-order valence-corrected chi connectivity index (χ3v) is 3.77. The number of nitrogen functional groups attached to an aromatic ring is 1. The number of allylic oxidation sites excluding steroid dienone is 1. The number of imidazole rings is 1. The molecule has 5 heteroatoms. The quantitative estimate of drug-likeness (QED) is 0.866. The summed E-state index contributed by atoms with van der Waals surface area (Å²) in [6.45, 7) is 4.38. The Bertz CT molecular complexity index is 674. The fourth-order valence-electron chi connectivity index (χ4n) is 2.31. The molecule has 20 heavy (non-hydrogen) atoms. The Morgan fingerprint density at radius 3 is 2.85 bits per heavy atom. The summed E-state index contributed by atoms with van der Waals surface area (Å²) in [5, 5.41) is 0.0770. The molecule has 0 spiro atoms. The Morgan fingerprint density at radius 2 is 2.25 bits per heavy atom. The maximum absolute atomic E-state index is 13.3. The molecule has 1 aromatic heterocycles. The van der Waals surface area contributed by atoms with Gasteiger partial charge in [-0.2, -0.15) is 0 Å². The van der Waals surface area contributed by atoms with Crippen LogP contribution in [0.25, 0.3) is 11.3 Å². The molecular weight excluding hydrogens is 277 g/mol. The van der Waals surface area contributed by atoms with Crippen LogP contribution >= 0.6 is 11.6 Å². The fourth-order valence-corrected chi connectivity index (χ4v) is 2.49. The minimum Gasteiger partial charge on any atom is -0.383 e. The monoisotopic (exact) mass is 291 g/mol. The van der Waals surface area contributed by atoms with Gasteiger partial charge >= 0.3 is 0 Å². The van der Waals surface area contributed by atoms with E-state index in [1.54, 1.807) is 18.2 Å². The third-order valence-electron chi connectivity index (χ3n) is 3.48. The van der Waals surface area contributed by atoms with Crippen LogP contribution < -0.4 is 5.73 Å². The minimum atomic E-state index is -0.443. The van der Waals surface area contributed by atoms with Gasteiger partial charge < -0.3 is 10.3 Å². The first-order chi connectivity index (χ1) is 9.61. The minimum absolute atomic E-state index is 0.0770. The Morgan fingerprint density at radius 1 is 1.50 bits per heavy atom. The van der Waals surface area contributed by atoms with E-state index in [0.29, 0.717) is 24.0 Å².